The highest BCUT2D eigenvalue weighted by Crippen LogP contribution is 2.19. The summed E-state index contributed by atoms with van der Waals surface area (Å²) in [6.45, 7) is 1.64. The molecule has 0 aliphatic carbocycles. The van der Waals surface area contributed by atoms with E-state index in [1.165, 1.54) is 18.3 Å². The van der Waals surface area contributed by atoms with Crippen LogP contribution in [0.1, 0.15) is 0 Å². The fraction of sp³-hybridized carbons (Fsp3) is 0.267. The minimum atomic E-state index is -3.68. The highest BCUT2D eigenvalue weighted by atomic mass is 35.5. The Morgan fingerprint density at radius 2 is 2.00 bits per heavy atom. The molecular formula is C15H19ClN4O2S. The first-order chi connectivity index (χ1) is 10.9. The highest BCUT2D eigenvalue weighted by molar-refractivity contribution is 7.92. The molecule has 0 saturated carbocycles. The van der Waals surface area contributed by atoms with Gasteiger partial charge in [-0.1, -0.05) is 17.7 Å². The van der Waals surface area contributed by atoms with Crippen molar-refractivity contribution in [3.8, 4) is 0 Å². The number of nitrogens with one attached hydrogen (secondary N) is 2. The van der Waals surface area contributed by atoms with Crippen LogP contribution in [-0.4, -0.2) is 45.5 Å². The van der Waals surface area contributed by atoms with Crippen LogP contribution >= 0.6 is 11.6 Å². The van der Waals surface area contributed by atoms with Gasteiger partial charge in [-0.05, 0) is 44.4 Å². The molecule has 1 aromatic carbocycles. The van der Waals surface area contributed by atoms with E-state index in [-0.39, 0.29) is 4.90 Å². The van der Waals surface area contributed by atoms with Crippen LogP contribution in [0, 0.1) is 0 Å². The molecule has 23 heavy (non-hydrogen) atoms. The first-order valence-electron chi connectivity index (χ1n) is 7.00. The number of hydrogen-bond donors (Lipinski definition) is 2. The topological polar surface area (TPSA) is 74.3 Å². The number of pyridine rings is 1. The van der Waals surface area contributed by atoms with E-state index >= 15 is 0 Å². The molecule has 6 nitrogen and oxygen atoms in total. The number of benzene rings is 1. The lowest BCUT2D eigenvalue weighted by Gasteiger charge is -2.11. The Morgan fingerprint density at radius 3 is 2.61 bits per heavy atom. The van der Waals surface area contributed by atoms with Crippen molar-refractivity contribution >= 4 is 33.1 Å². The molecule has 1 aromatic heterocycles. The van der Waals surface area contributed by atoms with Crippen LogP contribution in [0.5, 0.6) is 0 Å². The second-order valence-corrected chi connectivity index (χ2v) is 7.34. The van der Waals surface area contributed by atoms with Gasteiger partial charge in [0.2, 0.25) is 0 Å². The van der Waals surface area contributed by atoms with Crippen LogP contribution in [0.15, 0.2) is 47.5 Å². The predicted octanol–water partition coefficient (Wildman–Crippen LogP) is 2.51. The zero-order valence-corrected chi connectivity index (χ0v) is 14.5. The predicted molar refractivity (Wildman–Crippen MR) is 93.5 cm³/mol. The number of halogens is 1. The third-order valence-corrected chi connectivity index (χ3v) is 4.60. The Hall–Kier alpha value is -1.83. The van der Waals surface area contributed by atoms with Crippen LogP contribution in [0.4, 0.5) is 11.5 Å². The number of likely N-dealkylation sites (N-methyl/N-ethyl adjacent to an activating group) is 1. The molecule has 0 aliphatic heterocycles. The van der Waals surface area contributed by atoms with E-state index in [0.717, 1.165) is 13.1 Å². The number of nitrogens with zero attached hydrogens (tertiary/aromatic N) is 2. The number of sulfonamides is 1. The summed E-state index contributed by atoms with van der Waals surface area (Å²) >= 11 is 5.83. The average Bonchev–Trinajstić information content (AvgIpc) is 2.48. The molecule has 8 heteroatoms. The van der Waals surface area contributed by atoms with Gasteiger partial charge in [0.1, 0.15) is 5.82 Å². The fourth-order valence-corrected chi connectivity index (χ4v) is 3.16. The van der Waals surface area contributed by atoms with Crippen molar-refractivity contribution in [2.45, 2.75) is 4.90 Å². The number of aromatic nitrogens is 1. The largest absolute Gasteiger partial charge is 0.369 e. The third kappa shape index (κ3) is 5.38. The lowest BCUT2D eigenvalue weighted by molar-refractivity contribution is 0.425. The van der Waals surface area contributed by atoms with Gasteiger partial charge in [-0.2, -0.15) is 0 Å². The van der Waals surface area contributed by atoms with Gasteiger partial charge >= 0.3 is 0 Å². The van der Waals surface area contributed by atoms with E-state index in [1.807, 2.05) is 14.1 Å². The molecule has 0 fully saturated rings. The second kappa shape index (κ2) is 7.63. The quantitative estimate of drug-likeness (QED) is 0.799. The van der Waals surface area contributed by atoms with Gasteiger partial charge in [0, 0.05) is 18.1 Å². The summed E-state index contributed by atoms with van der Waals surface area (Å²) in [5, 5.41) is 3.52. The van der Waals surface area contributed by atoms with E-state index in [2.05, 4.69) is 19.9 Å². The van der Waals surface area contributed by atoms with Crippen LogP contribution in [0.2, 0.25) is 5.02 Å². The summed E-state index contributed by atoms with van der Waals surface area (Å²) in [6.07, 6.45) is 1.47. The van der Waals surface area contributed by atoms with Crippen molar-refractivity contribution in [2.24, 2.45) is 0 Å². The van der Waals surface area contributed by atoms with Crippen LogP contribution < -0.4 is 10.0 Å². The maximum atomic E-state index is 12.3. The fourth-order valence-electron chi connectivity index (χ4n) is 1.81. The summed E-state index contributed by atoms with van der Waals surface area (Å²) in [5.74, 6) is 0.692. The molecule has 0 bridgehead atoms. The molecule has 0 aliphatic rings. The van der Waals surface area contributed by atoms with Gasteiger partial charge in [0.15, 0.2) is 0 Å². The van der Waals surface area contributed by atoms with Gasteiger partial charge in [-0.25, -0.2) is 13.4 Å². The lowest BCUT2D eigenvalue weighted by Crippen LogP contribution is -2.21. The average molecular weight is 355 g/mol. The Morgan fingerprint density at radius 1 is 1.22 bits per heavy atom. The van der Waals surface area contributed by atoms with Crippen LogP contribution in [0.3, 0.4) is 0 Å². The van der Waals surface area contributed by atoms with Crippen LogP contribution in [-0.2, 0) is 10.0 Å². The Labute approximate surface area is 141 Å². The van der Waals surface area contributed by atoms with Crippen molar-refractivity contribution in [3.05, 3.63) is 47.6 Å². The Bertz CT molecular complexity index is 748. The van der Waals surface area contributed by atoms with Gasteiger partial charge in [-0.15, -0.1) is 0 Å². The maximum absolute atomic E-state index is 12.3. The van der Waals surface area contributed by atoms with E-state index in [0.29, 0.717) is 16.5 Å². The maximum Gasteiger partial charge on any atom is 0.261 e. The molecule has 0 saturated heterocycles. The molecule has 0 unspecified atom stereocenters. The van der Waals surface area contributed by atoms with E-state index in [9.17, 15) is 8.42 Å². The minimum Gasteiger partial charge on any atom is -0.369 e. The Kier molecular flexibility index (Phi) is 5.81. The lowest BCUT2D eigenvalue weighted by atomic mass is 10.4. The standard InChI is InChI=1S/C15H19ClN4O2S/c1-20(2)9-8-17-15-7-6-13(11-18-15)19-23(21,22)14-5-3-4-12(16)10-14/h3-7,10-11,19H,8-9H2,1-2H3,(H,17,18). The summed E-state index contributed by atoms with van der Waals surface area (Å²) < 4.78 is 27.0. The normalized spacial score (nSPS) is 11.5. The van der Waals surface area contributed by atoms with Gasteiger partial charge in [0.05, 0.1) is 16.8 Å². The zero-order chi connectivity index (χ0) is 16.9. The molecule has 1 heterocycles. The van der Waals surface area contributed by atoms with Gasteiger partial charge in [-0.3, -0.25) is 4.72 Å². The number of hydrogen-bond acceptors (Lipinski definition) is 5. The molecule has 0 radical (unpaired) electrons. The second-order valence-electron chi connectivity index (χ2n) is 5.23. The van der Waals surface area contributed by atoms with Crippen molar-refractivity contribution in [3.63, 3.8) is 0 Å². The highest BCUT2D eigenvalue weighted by Gasteiger charge is 2.14. The number of rotatable bonds is 7. The zero-order valence-electron chi connectivity index (χ0n) is 13.0. The van der Waals surface area contributed by atoms with Crippen molar-refractivity contribution in [2.75, 3.05) is 37.2 Å². The molecule has 0 amide bonds. The Balaban J connectivity index is 2.03. The molecule has 2 aromatic rings. The summed E-state index contributed by atoms with van der Waals surface area (Å²) in [6, 6.07) is 9.48. The first kappa shape index (κ1) is 17.5. The summed E-state index contributed by atoms with van der Waals surface area (Å²) in [4.78, 5) is 6.35. The molecular weight excluding hydrogens is 336 g/mol. The molecule has 0 spiro atoms. The van der Waals surface area contributed by atoms with Crippen LogP contribution in [0.25, 0.3) is 0 Å². The minimum absolute atomic E-state index is 0.109. The summed E-state index contributed by atoms with van der Waals surface area (Å²) in [5.41, 5.74) is 0.392. The van der Waals surface area contributed by atoms with E-state index < -0.39 is 10.0 Å². The van der Waals surface area contributed by atoms with E-state index in [1.54, 1.807) is 24.3 Å². The molecule has 2 N–H and O–H groups in total. The van der Waals surface area contributed by atoms with Crippen molar-refractivity contribution < 1.29 is 8.42 Å². The van der Waals surface area contributed by atoms with Crippen molar-refractivity contribution in [1.82, 2.24) is 9.88 Å². The third-order valence-electron chi connectivity index (χ3n) is 2.99. The molecule has 124 valence electrons. The van der Waals surface area contributed by atoms with Gasteiger partial charge in [0.25, 0.3) is 10.0 Å². The SMILES string of the molecule is CN(C)CCNc1ccc(NS(=O)(=O)c2cccc(Cl)c2)cn1. The molecule has 2 rings (SSSR count). The first-order valence-corrected chi connectivity index (χ1v) is 8.86. The number of anilines is 2. The summed E-state index contributed by atoms with van der Waals surface area (Å²) in [7, 11) is 0.299. The van der Waals surface area contributed by atoms with Gasteiger partial charge < -0.3 is 10.2 Å². The van der Waals surface area contributed by atoms with E-state index in [4.69, 9.17) is 11.6 Å². The molecule has 0 atom stereocenters. The van der Waals surface area contributed by atoms with Crippen molar-refractivity contribution in [1.29, 1.82) is 0 Å². The monoisotopic (exact) mass is 354 g/mol. The smallest absolute Gasteiger partial charge is 0.261 e.